The van der Waals surface area contributed by atoms with Gasteiger partial charge in [0.05, 0.1) is 13.0 Å². The van der Waals surface area contributed by atoms with Gasteiger partial charge in [0.15, 0.2) is 0 Å². The third-order valence-corrected chi connectivity index (χ3v) is 3.33. The van der Waals surface area contributed by atoms with E-state index in [-0.39, 0.29) is 19.4 Å². The van der Waals surface area contributed by atoms with Crippen molar-refractivity contribution < 1.29 is 29.0 Å². The van der Waals surface area contributed by atoms with Crippen LogP contribution in [0, 0.1) is 0 Å². The zero-order valence-electron chi connectivity index (χ0n) is 15.8. The van der Waals surface area contributed by atoms with Crippen LogP contribution in [0.1, 0.15) is 59.3 Å². The second-order valence-corrected chi connectivity index (χ2v) is 5.61. The van der Waals surface area contributed by atoms with E-state index in [0.29, 0.717) is 6.42 Å². The molecule has 7 nitrogen and oxygen atoms in total. The lowest BCUT2D eigenvalue weighted by atomic mass is 10.1. The number of rotatable bonds is 12. The molecule has 0 heterocycles. The topological polar surface area (TPSA) is 101 Å². The average Bonchev–Trinajstić information content (AvgIpc) is 2.59. The van der Waals surface area contributed by atoms with Crippen molar-refractivity contribution in [3.8, 4) is 0 Å². The number of carboxylic acid groups (broad SMARTS) is 1. The number of ether oxygens (including phenoxy) is 1. The van der Waals surface area contributed by atoms with Crippen LogP contribution in [0.4, 0.5) is 0 Å². The summed E-state index contributed by atoms with van der Waals surface area (Å²) in [4.78, 5) is 49.2. The minimum Gasteiger partial charge on any atom is -0.481 e. The summed E-state index contributed by atoms with van der Waals surface area (Å²) >= 11 is 0. The number of carbonyl (C=O) groups excluding carboxylic acids is 3. The molecule has 0 aromatic heterocycles. The van der Waals surface area contributed by atoms with Crippen molar-refractivity contribution in [1.29, 1.82) is 0 Å². The Labute approximate surface area is 154 Å². The lowest BCUT2D eigenvalue weighted by Crippen LogP contribution is -2.50. The van der Waals surface area contributed by atoms with Crippen LogP contribution < -0.4 is 0 Å². The summed E-state index contributed by atoms with van der Waals surface area (Å²) in [6.07, 6.45) is 7.84. The molecule has 0 fully saturated rings. The maximum atomic E-state index is 12.5. The van der Waals surface area contributed by atoms with Crippen LogP contribution in [0.2, 0.25) is 0 Å². The molecule has 1 N–H and O–H groups in total. The van der Waals surface area contributed by atoms with Crippen LogP contribution in [0.5, 0.6) is 0 Å². The second kappa shape index (κ2) is 13.8. The van der Waals surface area contributed by atoms with Crippen molar-refractivity contribution in [1.82, 2.24) is 4.90 Å². The molecule has 1 atom stereocenters. The normalized spacial score (nSPS) is 12.3. The van der Waals surface area contributed by atoms with Crippen molar-refractivity contribution >= 4 is 23.8 Å². The number of carboxylic acids is 1. The molecule has 0 aromatic rings. The van der Waals surface area contributed by atoms with E-state index in [1.807, 2.05) is 13.8 Å². The fourth-order valence-electron chi connectivity index (χ4n) is 2.13. The van der Waals surface area contributed by atoms with E-state index < -0.39 is 36.2 Å². The zero-order chi connectivity index (χ0) is 19.9. The SMILES string of the molecule is CC/C=C/CC(=O)N(C(=O)C/C=C/CC)C(CC(=O)O)C(=O)OCCC. The van der Waals surface area contributed by atoms with E-state index in [9.17, 15) is 19.2 Å². The largest absolute Gasteiger partial charge is 0.481 e. The third kappa shape index (κ3) is 9.15. The molecule has 7 heteroatoms. The summed E-state index contributed by atoms with van der Waals surface area (Å²) in [6.45, 7) is 5.68. The molecule has 0 saturated carbocycles. The Morgan fingerprint density at radius 1 is 0.923 bits per heavy atom. The summed E-state index contributed by atoms with van der Waals surface area (Å²) in [5.41, 5.74) is 0. The van der Waals surface area contributed by atoms with Crippen LogP contribution in [-0.4, -0.2) is 46.4 Å². The maximum absolute atomic E-state index is 12.5. The van der Waals surface area contributed by atoms with E-state index >= 15 is 0 Å². The lowest BCUT2D eigenvalue weighted by Gasteiger charge is -2.27. The molecular weight excluding hydrogens is 338 g/mol. The highest BCUT2D eigenvalue weighted by atomic mass is 16.5. The third-order valence-electron chi connectivity index (χ3n) is 3.33. The number of hydrogen-bond acceptors (Lipinski definition) is 5. The number of carbonyl (C=O) groups is 4. The molecule has 1 unspecified atom stereocenters. The number of imide groups is 1. The number of esters is 1. The Hall–Kier alpha value is -2.44. The summed E-state index contributed by atoms with van der Waals surface area (Å²) in [6, 6.07) is -1.47. The van der Waals surface area contributed by atoms with Crippen LogP contribution in [0.3, 0.4) is 0 Å². The van der Waals surface area contributed by atoms with Gasteiger partial charge in [0, 0.05) is 12.8 Å². The molecule has 0 aliphatic heterocycles. The van der Waals surface area contributed by atoms with Gasteiger partial charge in [0.1, 0.15) is 6.04 Å². The van der Waals surface area contributed by atoms with Gasteiger partial charge in [-0.15, -0.1) is 0 Å². The smallest absolute Gasteiger partial charge is 0.329 e. The number of hydrogen-bond donors (Lipinski definition) is 1. The second-order valence-electron chi connectivity index (χ2n) is 5.61. The van der Waals surface area contributed by atoms with E-state index in [2.05, 4.69) is 0 Å². The van der Waals surface area contributed by atoms with Gasteiger partial charge in [-0.25, -0.2) is 4.79 Å². The highest BCUT2D eigenvalue weighted by molar-refractivity contribution is 6.01. The first-order chi connectivity index (χ1) is 12.4. The van der Waals surface area contributed by atoms with Crippen molar-refractivity contribution in [3.63, 3.8) is 0 Å². The molecule has 146 valence electrons. The Bertz CT molecular complexity index is 510. The molecule has 0 spiro atoms. The van der Waals surface area contributed by atoms with Crippen molar-refractivity contribution in [3.05, 3.63) is 24.3 Å². The first-order valence-electron chi connectivity index (χ1n) is 8.92. The van der Waals surface area contributed by atoms with Crippen LogP contribution in [0.25, 0.3) is 0 Å². The lowest BCUT2D eigenvalue weighted by molar-refractivity contribution is -0.163. The van der Waals surface area contributed by atoms with Crippen LogP contribution >= 0.6 is 0 Å². The van der Waals surface area contributed by atoms with Gasteiger partial charge in [-0.2, -0.15) is 0 Å². The molecule has 0 aliphatic carbocycles. The molecule has 0 saturated heterocycles. The number of allylic oxidation sites excluding steroid dienone is 2. The zero-order valence-corrected chi connectivity index (χ0v) is 15.8. The van der Waals surface area contributed by atoms with Crippen molar-refractivity contribution in [2.24, 2.45) is 0 Å². The van der Waals surface area contributed by atoms with Gasteiger partial charge in [-0.1, -0.05) is 45.1 Å². The quantitative estimate of drug-likeness (QED) is 0.420. The van der Waals surface area contributed by atoms with Gasteiger partial charge in [-0.05, 0) is 19.3 Å². The van der Waals surface area contributed by atoms with Crippen LogP contribution in [-0.2, 0) is 23.9 Å². The molecule has 0 aromatic carbocycles. The predicted octanol–water partition coefficient (Wildman–Crippen LogP) is 2.85. The van der Waals surface area contributed by atoms with Gasteiger partial charge < -0.3 is 9.84 Å². The number of nitrogens with zero attached hydrogens (tertiary/aromatic N) is 1. The van der Waals surface area contributed by atoms with E-state index in [4.69, 9.17) is 9.84 Å². The van der Waals surface area contributed by atoms with Gasteiger partial charge in [0.25, 0.3) is 0 Å². The molecular formula is C19H29NO6. The molecule has 0 bridgehead atoms. The Kier molecular flexibility index (Phi) is 12.5. The molecule has 26 heavy (non-hydrogen) atoms. The van der Waals surface area contributed by atoms with Gasteiger partial charge >= 0.3 is 11.9 Å². The molecule has 0 aliphatic rings. The monoisotopic (exact) mass is 367 g/mol. The van der Waals surface area contributed by atoms with E-state index in [1.165, 1.54) is 0 Å². The summed E-state index contributed by atoms with van der Waals surface area (Å²) in [5, 5.41) is 9.11. The summed E-state index contributed by atoms with van der Waals surface area (Å²) in [7, 11) is 0. The minimum absolute atomic E-state index is 0.0890. The first-order valence-corrected chi connectivity index (χ1v) is 8.92. The summed E-state index contributed by atoms with van der Waals surface area (Å²) in [5.74, 6) is -3.41. The highest BCUT2D eigenvalue weighted by Crippen LogP contribution is 2.13. The van der Waals surface area contributed by atoms with Crippen molar-refractivity contribution in [2.75, 3.05) is 6.61 Å². The van der Waals surface area contributed by atoms with Crippen LogP contribution in [0.15, 0.2) is 24.3 Å². The van der Waals surface area contributed by atoms with Gasteiger partial charge in [-0.3, -0.25) is 19.3 Å². The van der Waals surface area contributed by atoms with E-state index in [1.54, 1.807) is 31.2 Å². The summed E-state index contributed by atoms with van der Waals surface area (Å²) < 4.78 is 5.00. The molecule has 0 rings (SSSR count). The fourth-order valence-corrected chi connectivity index (χ4v) is 2.13. The minimum atomic E-state index is -1.47. The fraction of sp³-hybridized carbons (Fsp3) is 0.579. The Balaban J connectivity index is 5.60. The Morgan fingerprint density at radius 2 is 1.42 bits per heavy atom. The molecule has 0 radical (unpaired) electrons. The van der Waals surface area contributed by atoms with Gasteiger partial charge in [0.2, 0.25) is 11.8 Å². The number of amides is 2. The predicted molar refractivity (Wildman–Crippen MR) is 97.2 cm³/mol. The molecule has 2 amide bonds. The number of aliphatic carboxylic acids is 1. The standard InChI is InChI=1S/C19H29NO6/c1-4-7-9-11-16(21)20(17(22)12-10-8-5-2)15(14-18(23)24)19(25)26-13-6-3/h7-10,15H,4-6,11-14H2,1-3H3,(H,23,24)/b9-7+,10-8+. The average molecular weight is 367 g/mol. The highest BCUT2D eigenvalue weighted by Gasteiger charge is 2.36. The first kappa shape index (κ1) is 23.6. The Morgan fingerprint density at radius 3 is 1.81 bits per heavy atom. The van der Waals surface area contributed by atoms with Crippen molar-refractivity contribution in [2.45, 2.75) is 65.3 Å². The maximum Gasteiger partial charge on any atom is 0.329 e. The van der Waals surface area contributed by atoms with E-state index in [0.717, 1.165) is 17.7 Å².